The molecule has 0 radical (unpaired) electrons. The van der Waals surface area contributed by atoms with Crippen LogP contribution in [0.1, 0.15) is 10.4 Å². The Kier molecular flexibility index (Phi) is 6.80. The van der Waals surface area contributed by atoms with Gasteiger partial charge in [-0.05, 0) is 48.9 Å². The van der Waals surface area contributed by atoms with Crippen LogP contribution in [0.2, 0.25) is 5.02 Å². The van der Waals surface area contributed by atoms with Crippen LogP contribution in [0.25, 0.3) is 16.5 Å². The second-order valence-electron chi connectivity index (χ2n) is 6.48. The van der Waals surface area contributed by atoms with Gasteiger partial charge in [0.25, 0.3) is 0 Å². The van der Waals surface area contributed by atoms with Crippen LogP contribution in [0, 0.1) is 6.92 Å². The molecule has 1 aromatic carbocycles. The Morgan fingerprint density at radius 1 is 1.21 bits per heavy atom. The number of aryl methyl sites for hydroxylation is 1. The summed E-state index contributed by atoms with van der Waals surface area (Å²) in [5.74, 6) is -0.0911. The average molecular weight is 426 g/mol. The molecule has 0 aliphatic carbocycles. The van der Waals surface area contributed by atoms with E-state index in [0.29, 0.717) is 10.8 Å². The van der Waals surface area contributed by atoms with Gasteiger partial charge in [0.1, 0.15) is 5.82 Å². The molecule has 0 aliphatic rings. The second-order valence-corrected chi connectivity index (χ2v) is 8.00. The first-order chi connectivity index (χ1) is 13.9. The number of thiophene rings is 1. The zero-order valence-corrected chi connectivity index (χ0v) is 17.6. The predicted octanol–water partition coefficient (Wildman–Crippen LogP) is 4.88. The number of hydrogen-bond donors (Lipinski definition) is 1. The van der Waals surface area contributed by atoms with E-state index in [1.54, 1.807) is 36.7 Å². The van der Waals surface area contributed by atoms with E-state index in [0.717, 1.165) is 20.9 Å². The van der Waals surface area contributed by atoms with E-state index >= 15 is 0 Å². The number of nitrogens with one attached hydrogen (secondary N) is 1. The number of benzene rings is 1. The molecule has 2 amide bonds. The first kappa shape index (κ1) is 20.8. The molecule has 1 N–H and O–H groups in total. The molecule has 3 rings (SSSR count). The fraction of sp³-hybridized carbons (Fsp3) is 0.136. The molecule has 0 saturated heterocycles. The third kappa shape index (κ3) is 5.76. The second kappa shape index (κ2) is 9.49. The molecule has 0 unspecified atom stereocenters. The van der Waals surface area contributed by atoms with Gasteiger partial charge in [-0.3, -0.25) is 9.59 Å². The molecule has 29 heavy (non-hydrogen) atoms. The van der Waals surface area contributed by atoms with E-state index < -0.39 is 0 Å². The number of amides is 2. The van der Waals surface area contributed by atoms with Gasteiger partial charge in [0.2, 0.25) is 11.8 Å². The van der Waals surface area contributed by atoms with Crippen molar-refractivity contribution in [1.29, 1.82) is 0 Å². The lowest BCUT2D eigenvalue weighted by Gasteiger charge is -2.14. The molecular formula is C22H20ClN3O2S. The number of anilines is 1. The highest BCUT2D eigenvalue weighted by atomic mass is 35.5. The first-order valence-corrected chi connectivity index (χ1v) is 10.1. The number of carbonyl (C=O) groups excluding carboxylic acids is 2. The van der Waals surface area contributed by atoms with Crippen molar-refractivity contribution in [1.82, 2.24) is 9.88 Å². The summed E-state index contributed by atoms with van der Waals surface area (Å²) in [5, 5.41) is 3.38. The molecule has 3 aromatic rings. The molecule has 2 aromatic heterocycles. The van der Waals surface area contributed by atoms with Crippen LogP contribution in [0.4, 0.5) is 5.82 Å². The minimum atomic E-state index is -0.301. The third-order valence-corrected chi connectivity index (χ3v) is 5.51. The Balaban J connectivity index is 1.57. The monoisotopic (exact) mass is 425 g/mol. The van der Waals surface area contributed by atoms with Crippen LogP contribution in [-0.2, 0) is 9.59 Å². The number of likely N-dealkylation sites (N-methyl/N-ethyl adjacent to an activating group) is 1. The zero-order valence-electron chi connectivity index (χ0n) is 16.1. The summed E-state index contributed by atoms with van der Waals surface area (Å²) in [6.45, 7) is 1.85. The average Bonchev–Trinajstić information content (AvgIpc) is 3.15. The summed E-state index contributed by atoms with van der Waals surface area (Å²) in [7, 11) is 1.58. The van der Waals surface area contributed by atoms with Crippen LogP contribution in [0.15, 0.2) is 60.8 Å². The highest BCUT2D eigenvalue weighted by Gasteiger charge is 2.12. The quantitative estimate of drug-likeness (QED) is 0.572. The Bertz CT molecular complexity index is 1060. The number of halogens is 1. The number of aromatic nitrogens is 1. The summed E-state index contributed by atoms with van der Waals surface area (Å²) in [6.07, 6.45) is 4.82. The van der Waals surface area contributed by atoms with Gasteiger partial charge in [0.05, 0.1) is 6.54 Å². The molecule has 148 valence electrons. The van der Waals surface area contributed by atoms with Crippen molar-refractivity contribution in [2.45, 2.75) is 6.92 Å². The van der Waals surface area contributed by atoms with E-state index in [1.165, 1.54) is 11.0 Å². The number of nitrogens with zero attached hydrogens (tertiary/aromatic N) is 2. The highest BCUT2D eigenvalue weighted by Crippen LogP contribution is 2.33. The van der Waals surface area contributed by atoms with Crippen molar-refractivity contribution >= 4 is 46.6 Å². The van der Waals surface area contributed by atoms with Crippen molar-refractivity contribution in [3.63, 3.8) is 0 Å². The molecule has 0 saturated carbocycles. The van der Waals surface area contributed by atoms with Crippen LogP contribution >= 0.6 is 22.9 Å². The normalized spacial score (nSPS) is 10.9. The Morgan fingerprint density at radius 2 is 2.00 bits per heavy atom. The lowest BCUT2D eigenvalue weighted by Crippen LogP contribution is -2.34. The zero-order chi connectivity index (χ0) is 20.8. The molecule has 0 bridgehead atoms. The molecule has 0 fully saturated rings. The van der Waals surface area contributed by atoms with Gasteiger partial charge >= 0.3 is 0 Å². The van der Waals surface area contributed by atoms with Crippen LogP contribution in [-0.4, -0.2) is 35.3 Å². The van der Waals surface area contributed by atoms with Gasteiger partial charge in [-0.25, -0.2) is 4.98 Å². The van der Waals surface area contributed by atoms with E-state index in [4.69, 9.17) is 11.6 Å². The summed E-state index contributed by atoms with van der Waals surface area (Å²) in [4.78, 5) is 31.8. The van der Waals surface area contributed by atoms with Gasteiger partial charge in [-0.2, -0.15) is 0 Å². The minimum absolute atomic E-state index is 0.0614. The minimum Gasteiger partial charge on any atom is -0.333 e. The molecule has 5 nitrogen and oxygen atoms in total. The Hall–Kier alpha value is -2.96. The van der Waals surface area contributed by atoms with E-state index in [-0.39, 0.29) is 18.4 Å². The molecule has 0 atom stereocenters. The van der Waals surface area contributed by atoms with E-state index in [9.17, 15) is 9.59 Å². The van der Waals surface area contributed by atoms with Crippen LogP contribution < -0.4 is 5.32 Å². The summed E-state index contributed by atoms with van der Waals surface area (Å²) >= 11 is 7.78. The molecule has 0 aliphatic heterocycles. The van der Waals surface area contributed by atoms with E-state index in [2.05, 4.69) is 10.3 Å². The number of pyridine rings is 1. The van der Waals surface area contributed by atoms with Crippen LogP contribution in [0.3, 0.4) is 0 Å². The first-order valence-electron chi connectivity index (χ1n) is 8.93. The van der Waals surface area contributed by atoms with Crippen molar-refractivity contribution in [2.75, 3.05) is 18.9 Å². The third-order valence-electron chi connectivity index (χ3n) is 4.10. The highest BCUT2D eigenvalue weighted by molar-refractivity contribution is 7.16. The van der Waals surface area contributed by atoms with Gasteiger partial charge in [-0.1, -0.05) is 29.8 Å². The smallest absolute Gasteiger partial charge is 0.246 e. The van der Waals surface area contributed by atoms with Gasteiger partial charge in [0.15, 0.2) is 0 Å². The summed E-state index contributed by atoms with van der Waals surface area (Å²) < 4.78 is 0. The van der Waals surface area contributed by atoms with Crippen molar-refractivity contribution in [3.8, 4) is 10.4 Å². The van der Waals surface area contributed by atoms with Gasteiger partial charge in [-0.15, -0.1) is 11.3 Å². The molecule has 0 spiro atoms. The van der Waals surface area contributed by atoms with Crippen molar-refractivity contribution in [3.05, 3.63) is 76.3 Å². The van der Waals surface area contributed by atoms with E-state index in [1.807, 2.05) is 49.4 Å². The predicted molar refractivity (Wildman–Crippen MR) is 119 cm³/mol. The molecule has 2 heterocycles. The largest absolute Gasteiger partial charge is 0.333 e. The SMILES string of the molecule is Cc1ccnc(NC(=O)CN(C)C(=O)/C=C/c2ccc(-c3ccccc3Cl)s2)c1. The maximum Gasteiger partial charge on any atom is 0.246 e. The lowest BCUT2D eigenvalue weighted by atomic mass is 10.2. The van der Waals surface area contributed by atoms with Gasteiger partial charge < -0.3 is 10.2 Å². The summed E-state index contributed by atoms with van der Waals surface area (Å²) in [6, 6.07) is 15.2. The maximum atomic E-state index is 12.3. The standard InChI is InChI=1S/C22H20ClN3O2S/c1-15-11-12-24-20(13-15)25-21(27)14-26(2)22(28)10-8-16-7-9-19(29-16)17-5-3-4-6-18(17)23/h3-13H,14H2,1-2H3,(H,24,25,27)/b10-8+. The maximum absolute atomic E-state index is 12.3. The topological polar surface area (TPSA) is 62.3 Å². The van der Waals surface area contributed by atoms with Gasteiger partial charge in [0, 0.05) is 39.7 Å². The van der Waals surface area contributed by atoms with Crippen molar-refractivity contribution < 1.29 is 9.59 Å². The Morgan fingerprint density at radius 3 is 2.76 bits per heavy atom. The summed E-state index contributed by atoms with van der Waals surface area (Å²) in [5.41, 5.74) is 1.96. The molecule has 7 heteroatoms. The number of rotatable bonds is 6. The fourth-order valence-corrected chi connectivity index (χ4v) is 3.85. The lowest BCUT2D eigenvalue weighted by molar-refractivity contribution is -0.129. The Labute approximate surface area is 178 Å². The van der Waals surface area contributed by atoms with Crippen LogP contribution in [0.5, 0.6) is 0 Å². The molecular weight excluding hydrogens is 406 g/mol. The fourth-order valence-electron chi connectivity index (χ4n) is 2.61. The number of carbonyl (C=O) groups is 2. The van der Waals surface area contributed by atoms with Crippen molar-refractivity contribution in [2.24, 2.45) is 0 Å². The number of hydrogen-bond acceptors (Lipinski definition) is 4.